The monoisotopic (exact) mass is 449 g/mol. The van der Waals surface area contributed by atoms with Gasteiger partial charge in [0.2, 0.25) is 10.0 Å². The van der Waals surface area contributed by atoms with Gasteiger partial charge in [0.1, 0.15) is 5.75 Å². The summed E-state index contributed by atoms with van der Waals surface area (Å²) in [7, 11) is -3.59. The highest BCUT2D eigenvalue weighted by Crippen LogP contribution is 2.21. The second-order valence-corrected chi connectivity index (χ2v) is 8.87. The summed E-state index contributed by atoms with van der Waals surface area (Å²) in [5.41, 5.74) is 0.358. The number of carbonyl (C=O) groups excluding carboxylic acids is 1. The number of non-ortho nitro benzene ring substituents is 1. The van der Waals surface area contributed by atoms with E-state index in [1.54, 1.807) is 6.92 Å². The number of carbonyl (C=O) groups is 1. The molecule has 9 nitrogen and oxygen atoms in total. The van der Waals surface area contributed by atoms with Gasteiger partial charge in [-0.05, 0) is 56.2 Å². The second kappa shape index (κ2) is 10.9. The molecule has 1 unspecified atom stereocenters. The van der Waals surface area contributed by atoms with Crippen molar-refractivity contribution >= 4 is 27.3 Å². The van der Waals surface area contributed by atoms with E-state index in [4.69, 9.17) is 4.74 Å². The van der Waals surface area contributed by atoms with Gasteiger partial charge in [-0.2, -0.15) is 4.31 Å². The molecule has 168 valence electrons. The fourth-order valence-corrected chi connectivity index (χ4v) is 4.48. The van der Waals surface area contributed by atoms with Crippen LogP contribution in [0.3, 0.4) is 0 Å². The number of nitro benzene ring substituents is 1. The van der Waals surface area contributed by atoms with Crippen molar-refractivity contribution in [2.75, 3.05) is 18.4 Å². The van der Waals surface area contributed by atoms with Gasteiger partial charge < -0.3 is 10.1 Å². The summed E-state index contributed by atoms with van der Waals surface area (Å²) in [5, 5.41) is 13.4. The number of benzene rings is 2. The summed E-state index contributed by atoms with van der Waals surface area (Å²) >= 11 is 0. The van der Waals surface area contributed by atoms with Crippen molar-refractivity contribution in [3.05, 3.63) is 58.6 Å². The molecule has 0 heterocycles. The lowest BCUT2D eigenvalue weighted by Gasteiger charge is -2.21. The number of anilines is 1. The van der Waals surface area contributed by atoms with Crippen LogP contribution in [0.4, 0.5) is 11.4 Å². The Morgan fingerprint density at radius 2 is 1.61 bits per heavy atom. The highest BCUT2D eigenvalue weighted by atomic mass is 32.2. The maximum atomic E-state index is 12.8. The van der Waals surface area contributed by atoms with Gasteiger partial charge in [-0.1, -0.05) is 13.8 Å². The van der Waals surface area contributed by atoms with E-state index < -0.39 is 27.0 Å². The molecule has 0 saturated heterocycles. The molecule has 31 heavy (non-hydrogen) atoms. The molecule has 0 bridgehead atoms. The average Bonchev–Trinajstić information content (AvgIpc) is 2.74. The minimum absolute atomic E-state index is 0.0732. The Bertz CT molecular complexity index is 985. The molecule has 0 aromatic heterocycles. The van der Waals surface area contributed by atoms with E-state index in [-0.39, 0.29) is 10.6 Å². The smallest absolute Gasteiger partial charge is 0.269 e. The zero-order valence-corrected chi connectivity index (χ0v) is 18.6. The molecular formula is C21H27N3O6S. The number of nitrogens with one attached hydrogen (secondary N) is 1. The van der Waals surface area contributed by atoms with Crippen LogP contribution in [0.25, 0.3) is 0 Å². The predicted molar refractivity (Wildman–Crippen MR) is 118 cm³/mol. The average molecular weight is 450 g/mol. The van der Waals surface area contributed by atoms with Crippen LogP contribution in [0.1, 0.15) is 33.6 Å². The first kappa shape index (κ1) is 24.3. The Kier molecular flexibility index (Phi) is 8.52. The SMILES string of the molecule is CCCN(CCC)S(=O)(=O)c1ccc(NC(=O)C(C)Oc2ccc([N+](=O)[O-])cc2)cc1. The number of ether oxygens (including phenoxy) is 1. The molecule has 10 heteroatoms. The first-order valence-electron chi connectivity index (χ1n) is 10.0. The Labute approximate surface area is 182 Å². The topological polar surface area (TPSA) is 119 Å². The van der Waals surface area contributed by atoms with Crippen LogP contribution in [0.5, 0.6) is 5.75 Å². The molecule has 0 aliphatic heterocycles. The minimum Gasteiger partial charge on any atom is -0.481 e. The summed E-state index contributed by atoms with van der Waals surface area (Å²) < 4.78 is 32.6. The van der Waals surface area contributed by atoms with Gasteiger partial charge in [0.15, 0.2) is 6.10 Å². The van der Waals surface area contributed by atoms with E-state index in [1.807, 2.05) is 13.8 Å². The molecule has 1 atom stereocenters. The van der Waals surface area contributed by atoms with E-state index in [0.717, 1.165) is 12.8 Å². The van der Waals surface area contributed by atoms with Gasteiger partial charge in [-0.15, -0.1) is 0 Å². The zero-order valence-electron chi connectivity index (χ0n) is 17.8. The third-order valence-electron chi connectivity index (χ3n) is 4.44. The van der Waals surface area contributed by atoms with E-state index in [1.165, 1.54) is 52.8 Å². The summed E-state index contributed by atoms with van der Waals surface area (Å²) in [6.45, 7) is 6.30. The third-order valence-corrected chi connectivity index (χ3v) is 6.35. The van der Waals surface area contributed by atoms with Gasteiger partial charge in [0.25, 0.3) is 11.6 Å². The van der Waals surface area contributed by atoms with Crippen LogP contribution in [-0.2, 0) is 14.8 Å². The van der Waals surface area contributed by atoms with Crippen LogP contribution >= 0.6 is 0 Å². The number of nitro groups is 1. The number of nitrogens with zero attached hydrogens (tertiary/aromatic N) is 2. The highest BCUT2D eigenvalue weighted by Gasteiger charge is 2.23. The van der Waals surface area contributed by atoms with Crippen molar-refractivity contribution in [1.82, 2.24) is 4.31 Å². The zero-order chi connectivity index (χ0) is 23.0. The van der Waals surface area contributed by atoms with Gasteiger partial charge in [-0.25, -0.2) is 8.42 Å². The molecule has 0 aliphatic rings. The highest BCUT2D eigenvalue weighted by molar-refractivity contribution is 7.89. The number of rotatable bonds is 11. The van der Waals surface area contributed by atoms with Crippen molar-refractivity contribution in [3.8, 4) is 5.75 Å². The number of sulfonamides is 1. The molecule has 0 saturated carbocycles. The van der Waals surface area contributed by atoms with Crippen LogP contribution in [-0.4, -0.2) is 42.7 Å². The van der Waals surface area contributed by atoms with Crippen LogP contribution in [0.15, 0.2) is 53.4 Å². The maximum absolute atomic E-state index is 12.8. The number of hydrogen-bond donors (Lipinski definition) is 1. The molecule has 1 amide bonds. The van der Waals surface area contributed by atoms with Crippen LogP contribution in [0.2, 0.25) is 0 Å². The van der Waals surface area contributed by atoms with Crippen LogP contribution < -0.4 is 10.1 Å². The van der Waals surface area contributed by atoms with E-state index in [9.17, 15) is 23.3 Å². The van der Waals surface area contributed by atoms with Crippen molar-refractivity contribution in [1.29, 1.82) is 0 Å². The number of amides is 1. The molecule has 0 fully saturated rings. The summed E-state index contributed by atoms with van der Waals surface area (Å²) in [6, 6.07) is 11.4. The summed E-state index contributed by atoms with van der Waals surface area (Å²) in [5.74, 6) is -0.116. The predicted octanol–water partition coefficient (Wildman–Crippen LogP) is 3.81. The quantitative estimate of drug-likeness (QED) is 0.411. The van der Waals surface area contributed by atoms with Crippen molar-refractivity contribution in [2.24, 2.45) is 0 Å². The minimum atomic E-state index is -3.59. The summed E-state index contributed by atoms with van der Waals surface area (Å²) in [4.78, 5) is 22.7. The molecule has 0 spiro atoms. The first-order valence-corrected chi connectivity index (χ1v) is 11.4. The molecule has 1 N–H and O–H groups in total. The Balaban J connectivity index is 2.02. The molecule has 0 aliphatic carbocycles. The lowest BCUT2D eigenvalue weighted by Crippen LogP contribution is -2.32. The third kappa shape index (κ3) is 6.50. The van der Waals surface area contributed by atoms with Gasteiger partial charge in [-0.3, -0.25) is 14.9 Å². The summed E-state index contributed by atoms with van der Waals surface area (Å²) in [6.07, 6.45) is 0.578. The largest absolute Gasteiger partial charge is 0.481 e. The Hall–Kier alpha value is -2.98. The van der Waals surface area contributed by atoms with Crippen molar-refractivity contribution < 1.29 is 22.9 Å². The first-order chi connectivity index (χ1) is 14.7. The van der Waals surface area contributed by atoms with Crippen LogP contribution in [0, 0.1) is 10.1 Å². The number of hydrogen-bond acceptors (Lipinski definition) is 6. The van der Waals surface area contributed by atoms with Gasteiger partial charge in [0.05, 0.1) is 9.82 Å². The molecule has 2 aromatic carbocycles. The Morgan fingerprint density at radius 3 is 2.10 bits per heavy atom. The Morgan fingerprint density at radius 1 is 1.06 bits per heavy atom. The fraction of sp³-hybridized carbons (Fsp3) is 0.381. The lowest BCUT2D eigenvalue weighted by atomic mass is 10.3. The second-order valence-electron chi connectivity index (χ2n) is 6.93. The molecular weight excluding hydrogens is 422 g/mol. The van der Waals surface area contributed by atoms with E-state index in [2.05, 4.69) is 5.32 Å². The van der Waals surface area contributed by atoms with Gasteiger partial charge >= 0.3 is 0 Å². The van der Waals surface area contributed by atoms with E-state index in [0.29, 0.717) is 24.5 Å². The fourth-order valence-electron chi connectivity index (χ4n) is 2.86. The maximum Gasteiger partial charge on any atom is 0.269 e. The van der Waals surface area contributed by atoms with E-state index >= 15 is 0 Å². The van der Waals surface area contributed by atoms with Crippen molar-refractivity contribution in [2.45, 2.75) is 44.6 Å². The lowest BCUT2D eigenvalue weighted by molar-refractivity contribution is -0.384. The molecule has 0 radical (unpaired) electrons. The van der Waals surface area contributed by atoms with Gasteiger partial charge in [0, 0.05) is 30.9 Å². The molecule has 2 aromatic rings. The molecule has 2 rings (SSSR count). The van der Waals surface area contributed by atoms with Crippen molar-refractivity contribution in [3.63, 3.8) is 0 Å². The standard InChI is InChI=1S/C21H27N3O6S/c1-4-14-23(15-5-2)31(28,29)20-12-6-17(7-13-20)22-21(25)16(3)30-19-10-8-18(9-11-19)24(26)27/h6-13,16H,4-5,14-15H2,1-3H3,(H,22,25). The normalized spacial score (nSPS) is 12.4.